The number of aromatic nitrogens is 2. The van der Waals surface area contributed by atoms with Crippen molar-refractivity contribution >= 4 is 11.6 Å². The van der Waals surface area contributed by atoms with Gasteiger partial charge in [-0.05, 0) is 31.2 Å². The fourth-order valence-electron chi connectivity index (χ4n) is 2.17. The standard InChI is InChI=1S/C15H14N2O3/c1-2-19-14(18)10-11-15(12-6-5-9-20-12)16-13-7-3-4-8-17(11)13/h3-9H,2,10H2,1H3. The topological polar surface area (TPSA) is 56.7 Å². The van der Waals surface area contributed by atoms with Crippen LogP contribution in [0.5, 0.6) is 0 Å². The molecular weight excluding hydrogens is 256 g/mol. The summed E-state index contributed by atoms with van der Waals surface area (Å²) in [6.45, 7) is 2.16. The molecule has 3 heterocycles. The first kappa shape index (κ1) is 12.5. The molecule has 20 heavy (non-hydrogen) atoms. The van der Waals surface area contributed by atoms with Gasteiger partial charge in [-0.2, -0.15) is 0 Å². The Morgan fingerprint density at radius 2 is 2.25 bits per heavy atom. The van der Waals surface area contributed by atoms with Gasteiger partial charge >= 0.3 is 5.97 Å². The summed E-state index contributed by atoms with van der Waals surface area (Å²) in [7, 11) is 0. The number of furan rings is 1. The van der Waals surface area contributed by atoms with Gasteiger partial charge in [-0.1, -0.05) is 6.07 Å². The van der Waals surface area contributed by atoms with E-state index >= 15 is 0 Å². The van der Waals surface area contributed by atoms with Crippen molar-refractivity contribution in [2.45, 2.75) is 13.3 Å². The summed E-state index contributed by atoms with van der Waals surface area (Å²) in [6, 6.07) is 9.32. The van der Waals surface area contributed by atoms with Crippen molar-refractivity contribution in [2.75, 3.05) is 6.61 Å². The number of nitrogens with zero attached hydrogens (tertiary/aromatic N) is 2. The smallest absolute Gasteiger partial charge is 0.311 e. The Bertz CT molecular complexity index is 729. The second-order valence-corrected chi connectivity index (χ2v) is 4.30. The summed E-state index contributed by atoms with van der Waals surface area (Å²) in [5.41, 5.74) is 2.22. The van der Waals surface area contributed by atoms with Crippen molar-refractivity contribution in [2.24, 2.45) is 0 Å². The van der Waals surface area contributed by atoms with E-state index in [9.17, 15) is 4.79 Å². The molecule has 3 aromatic rings. The molecule has 0 aliphatic carbocycles. The molecule has 0 aliphatic heterocycles. The maximum atomic E-state index is 11.8. The van der Waals surface area contributed by atoms with Gasteiger partial charge < -0.3 is 13.6 Å². The molecule has 5 heteroatoms. The highest BCUT2D eigenvalue weighted by molar-refractivity contribution is 5.76. The molecule has 0 aromatic carbocycles. The number of fused-ring (bicyclic) bond motifs is 1. The summed E-state index contributed by atoms with van der Waals surface area (Å²) in [4.78, 5) is 16.3. The summed E-state index contributed by atoms with van der Waals surface area (Å²) in [5.74, 6) is 0.374. The summed E-state index contributed by atoms with van der Waals surface area (Å²) >= 11 is 0. The molecule has 0 bridgehead atoms. The number of pyridine rings is 1. The van der Waals surface area contributed by atoms with E-state index < -0.39 is 0 Å². The van der Waals surface area contributed by atoms with Gasteiger partial charge in [0.05, 0.1) is 25.0 Å². The Morgan fingerprint density at radius 1 is 1.35 bits per heavy atom. The molecule has 0 unspecified atom stereocenters. The number of imidazole rings is 1. The quantitative estimate of drug-likeness (QED) is 0.684. The lowest BCUT2D eigenvalue weighted by atomic mass is 10.2. The first-order valence-corrected chi connectivity index (χ1v) is 6.45. The van der Waals surface area contributed by atoms with Crippen molar-refractivity contribution in [3.8, 4) is 11.5 Å². The highest BCUT2D eigenvalue weighted by atomic mass is 16.5. The monoisotopic (exact) mass is 270 g/mol. The van der Waals surface area contributed by atoms with E-state index in [-0.39, 0.29) is 12.4 Å². The molecule has 3 aromatic heterocycles. The maximum Gasteiger partial charge on any atom is 0.311 e. The van der Waals surface area contributed by atoms with Crippen LogP contribution in [-0.4, -0.2) is 22.0 Å². The molecule has 0 saturated carbocycles. The number of carbonyl (C=O) groups is 1. The molecule has 0 fully saturated rings. The molecule has 0 spiro atoms. The first-order chi connectivity index (χ1) is 9.79. The molecule has 102 valence electrons. The van der Waals surface area contributed by atoms with Crippen LogP contribution in [0.25, 0.3) is 17.1 Å². The zero-order valence-electron chi connectivity index (χ0n) is 11.1. The van der Waals surface area contributed by atoms with Crippen LogP contribution in [0.1, 0.15) is 12.6 Å². The molecule has 3 rings (SSSR count). The zero-order valence-corrected chi connectivity index (χ0v) is 11.1. The van der Waals surface area contributed by atoms with Gasteiger partial charge in [0.15, 0.2) is 5.76 Å². The number of hydrogen-bond donors (Lipinski definition) is 0. The maximum absolute atomic E-state index is 11.8. The number of rotatable bonds is 4. The predicted molar refractivity (Wildman–Crippen MR) is 73.2 cm³/mol. The lowest BCUT2D eigenvalue weighted by Crippen LogP contribution is -2.10. The van der Waals surface area contributed by atoms with Crippen LogP contribution in [0.4, 0.5) is 0 Å². The second kappa shape index (κ2) is 5.21. The Labute approximate surface area is 115 Å². The van der Waals surface area contributed by atoms with Crippen molar-refractivity contribution in [1.82, 2.24) is 9.38 Å². The van der Waals surface area contributed by atoms with Gasteiger partial charge in [-0.25, -0.2) is 4.98 Å². The van der Waals surface area contributed by atoms with E-state index in [1.54, 1.807) is 19.3 Å². The molecule has 0 radical (unpaired) electrons. The third kappa shape index (κ3) is 2.18. The van der Waals surface area contributed by atoms with Crippen molar-refractivity contribution < 1.29 is 13.9 Å². The van der Waals surface area contributed by atoms with Crippen LogP contribution in [0.15, 0.2) is 47.2 Å². The molecule has 5 nitrogen and oxygen atoms in total. The highest BCUT2D eigenvalue weighted by Gasteiger charge is 2.18. The Morgan fingerprint density at radius 3 is 3.00 bits per heavy atom. The van der Waals surface area contributed by atoms with Crippen LogP contribution >= 0.6 is 0 Å². The normalized spacial score (nSPS) is 10.8. The Kier molecular flexibility index (Phi) is 3.25. The largest absolute Gasteiger partial charge is 0.466 e. The SMILES string of the molecule is CCOC(=O)Cc1c(-c2ccco2)nc2ccccn12. The first-order valence-electron chi connectivity index (χ1n) is 6.45. The van der Waals surface area contributed by atoms with Gasteiger partial charge in [0.1, 0.15) is 11.3 Å². The summed E-state index contributed by atoms with van der Waals surface area (Å²) in [6.07, 6.45) is 3.63. The minimum absolute atomic E-state index is 0.162. The number of hydrogen-bond acceptors (Lipinski definition) is 4. The zero-order chi connectivity index (χ0) is 13.9. The number of carbonyl (C=O) groups excluding carboxylic acids is 1. The van der Waals surface area contributed by atoms with Crippen LogP contribution in [-0.2, 0) is 16.0 Å². The van der Waals surface area contributed by atoms with E-state index in [0.29, 0.717) is 18.1 Å². The molecule has 0 saturated heterocycles. The average Bonchev–Trinajstić information content (AvgIpc) is 3.07. The molecular formula is C15H14N2O3. The minimum atomic E-state index is -0.272. The predicted octanol–water partition coefficient (Wildman–Crippen LogP) is 2.70. The number of ether oxygens (including phenoxy) is 1. The lowest BCUT2D eigenvalue weighted by Gasteiger charge is -2.03. The van der Waals surface area contributed by atoms with E-state index in [2.05, 4.69) is 4.98 Å². The van der Waals surface area contributed by atoms with Crippen LogP contribution in [0.2, 0.25) is 0 Å². The minimum Gasteiger partial charge on any atom is -0.466 e. The molecule has 0 atom stereocenters. The van der Waals surface area contributed by atoms with Gasteiger partial charge in [-0.3, -0.25) is 4.79 Å². The summed E-state index contributed by atoms with van der Waals surface area (Å²) < 4.78 is 12.3. The Hall–Kier alpha value is -2.56. The second-order valence-electron chi connectivity index (χ2n) is 4.30. The fourth-order valence-corrected chi connectivity index (χ4v) is 2.17. The lowest BCUT2D eigenvalue weighted by molar-refractivity contribution is -0.142. The number of esters is 1. The molecule has 0 N–H and O–H groups in total. The van der Waals surface area contributed by atoms with Crippen LogP contribution in [0.3, 0.4) is 0 Å². The molecule has 0 amide bonds. The third-order valence-electron chi connectivity index (χ3n) is 3.00. The van der Waals surface area contributed by atoms with Gasteiger partial charge in [-0.15, -0.1) is 0 Å². The van der Waals surface area contributed by atoms with Crippen molar-refractivity contribution in [3.63, 3.8) is 0 Å². The van der Waals surface area contributed by atoms with Crippen molar-refractivity contribution in [1.29, 1.82) is 0 Å². The Balaban J connectivity index is 2.11. The van der Waals surface area contributed by atoms with Gasteiger partial charge in [0.2, 0.25) is 0 Å². The van der Waals surface area contributed by atoms with E-state index in [1.165, 1.54) is 0 Å². The average molecular weight is 270 g/mol. The highest BCUT2D eigenvalue weighted by Crippen LogP contribution is 2.25. The van der Waals surface area contributed by atoms with E-state index in [1.807, 2.05) is 34.9 Å². The van der Waals surface area contributed by atoms with Gasteiger partial charge in [0.25, 0.3) is 0 Å². The van der Waals surface area contributed by atoms with Gasteiger partial charge in [0, 0.05) is 6.20 Å². The third-order valence-corrected chi connectivity index (χ3v) is 3.00. The van der Waals surface area contributed by atoms with Crippen LogP contribution in [0, 0.1) is 0 Å². The van der Waals surface area contributed by atoms with Crippen molar-refractivity contribution in [3.05, 3.63) is 48.5 Å². The van der Waals surface area contributed by atoms with E-state index in [4.69, 9.17) is 9.15 Å². The summed E-state index contributed by atoms with van der Waals surface area (Å²) in [5, 5.41) is 0. The van der Waals surface area contributed by atoms with Crippen LogP contribution < -0.4 is 0 Å². The van der Waals surface area contributed by atoms with E-state index in [0.717, 1.165) is 11.3 Å². The fraction of sp³-hybridized carbons (Fsp3) is 0.200. The molecule has 0 aliphatic rings.